The number of hydrogen-bond donors (Lipinski definition) is 1. The maximum atomic E-state index is 13.4. The lowest BCUT2D eigenvalue weighted by atomic mass is 10.1. The zero-order valence-electron chi connectivity index (χ0n) is 10.1. The lowest BCUT2D eigenvalue weighted by Gasteiger charge is -2.29. The van der Waals surface area contributed by atoms with E-state index in [1.165, 1.54) is 16.4 Å². The number of sulfonamides is 1. The summed E-state index contributed by atoms with van der Waals surface area (Å²) in [6.07, 6.45) is 1.56. The number of piperidine rings is 1. The third kappa shape index (κ3) is 3.66. The monoisotopic (exact) mass is 372 g/mol. The fraction of sp³-hybridized carbons (Fsp3) is 0.455. The molecule has 8 heteroatoms. The molecule has 1 atom stereocenters. The van der Waals surface area contributed by atoms with Gasteiger partial charge in [0.05, 0.1) is 9.37 Å². The molecule has 2 N–H and O–H groups in total. The number of rotatable bonds is 2. The van der Waals surface area contributed by atoms with Crippen LogP contribution in [0.5, 0.6) is 0 Å². The molecule has 0 aromatic heterocycles. The van der Waals surface area contributed by atoms with E-state index in [9.17, 15) is 12.8 Å². The Bertz CT molecular complexity index is 556. The summed E-state index contributed by atoms with van der Waals surface area (Å²) >= 11 is 3.00. The second-order valence-corrected chi connectivity index (χ2v) is 7.13. The van der Waals surface area contributed by atoms with Gasteiger partial charge in [-0.2, -0.15) is 4.31 Å². The predicted molar refractivity (Wildman–Crippen MR) is 77.3 cm³/mol. The fourth-order valence-electron chi connectivity index (χ4n) is 1.98. The minimum atomic E-state index is -3.64. The molecule has 2 rings (SSSR count). The summed E-state index contributed by atoms with van der Waals surface area (Å²) in [4.78, 5) is -0.0303. The highest BCUT2D eigenvalue weighted by Gasteiger charge is 2.29. The van der Waals surface area contributed by atoms with Crippen LogP contribution in [0.2, 0.25) is 0 Å². The van der Waals surface area contributed by atoms with Crippen LogP contribution in [0.3, 0.4) is 0 Å². The van der Waals surface area contributed by atoms with Crippen molar-refractivity contribution in [2.45, 2.75) is 23.8 Å². The highest BCUT2D eigenvalue weighted by molar-refractivity contribution is 9.10. The zero-order valence-corrected chi connectivity index (χ0v) is 13.3. The van der Waals surface area contributed by atoms with Crippen LogP contribution in [-0.4, -0.2) is 31.9 Å². The minimum Gasteiger partial charge on any atom is -0.327 e. The fourth-order valence-corrected chi connectivity index (χ4v) is 3.77. The van der Waals surface area contributed by atoms with Crippen LogP contribution in [0.25, 0.3) is 0 Å². The molecular formula is C11H15BrClFN2O2S. The van der Waals surface area contributed by atoms with Gasteiger partial charge >= 0.3 is 0 Å². The SMILES string of the molecule is Cl.N[C@@H]1CCCN(S(=O)(=O)c2ccc(Br)c(F)c2)C1. The normalized spacial score (nSPS) is 20.9. The molecule has 0 spiro atoms. The molecule has 4 nitrogen and oxygen atoms in total. The van der Waals surface area contributed by atoms with Crippen molar-refractivity contribution in [3.8, 4) is 0 Å². The van der Waals surface area contributed by atoms with Crippen molar-refractivity contribution in [2.24, 2.45) is 5.73 Å². The highest BCUT2D eigenvalue weighted by atomic mass is 79.9. The Hall–Kier alpha value is -0.210. The maximum Gasteiger partial charge on any atom is 0.243 e. The Labute approximate surface area is 126 Å². The first kappa shape index (κ1) is 16.8. The Morgan fingerprint density at radius 1 is 1.42 bits per heavy atom. The van der Waals surface area contributed by atoms with Crippen LogP contribution in [0, 0.1) is 5.82 Å². The molecule has 19 heavy (non-hydrogen) atoms. The van der Waals surface area contributed by atoms with E-state index in [0.717, 1.165) is 18.9 Å². The van der Waals surface area contributed by atoms with Gasteiger partial charge in [0.2, 0.25) is 10.0 Å². The van der Waals surface area contributed by atoms with Gasteiger partial charge in [0.1, 0.15) is 5.82 Å². The van der Waals surface area contributed by atoms with Gasteiger partial charge in [-0.05, 0) is 47.0 Å². The van der Waals surface area contributed by atoms with Gasteiger partial charge in [-0.3, -0.25) is 0 Å². The van der Waals surface area contributed by atoms with Crippen LogP contribution in [0.4, 0.5) is 4.39 Å². The average Bonchev–Trinajstić information content (AvgIpc) is 2.32. The van der Waals surface area contributed by atoms with Gasteiger partial charge in [-0.15, -0.1) is 12.4 Å². The van der Waals surface area contributed by atoms with Crippen molar-refractivity contribution in [1.29, 1.82) is 0 Å². The Kier molecular flexibility index (Phi) is 5.76. The number of nitrogens with zero attached hydrogens (tertiary/aromatic N) is 1. The summed E-state index contributed by atoms with van der Waals surface area (Å²) in [5.41, 5.74) is 5.77. The van der Waals surface area contributed by atoms with Gasteiger partial charge in [0.15, 0.2) is 0 Å². The largest absolute Gasteiger partial charge is 0.327 e. The molecule has 1 aliphatic rings. The minimum absolute atomic E-state index is 0. The van der Waals surface area contributed by atoms with Gasteiger partial charge in [-0.25, -0.2) is 12.8 Å². The van der Waals surface area contributed by atoms with Crippen LogP contribution >= 0.6 is 28.3 Å². The Balaban J connectivity index is 0.00000180. The van der Waals surface area contributed by atoms with E-state index in [-0.39, 0.29) is 27.8 Å². The number of hydrogen-bond acceptors (Lipinski definition) is 3. The molecule has 108 valence electrons. The van der Waals surface area contributed by atoms with Crippen molar-refractivity contribution < 1.29 is 12.8 Å². The summed E-state index contributed by atoms with van der Waals surface area (Å²) in [6.45, 7) is 0.730. The van der Waals surface area contributed by atoms with E-state index < -0.39 is 15.8 Å². The molecule has 0 aliphatic carbocycles. The van der Waals surface area contributed by atoms with Crippen LogP contribution in [0.1, 0.15) is 12.8 Å². The summed E-state index contributed by atoms with van der Waals surface area (Å²) in [7, 11) is -3.64. The maximum absolute atomic E-state index is 13.4. The van der Waals surface area contributed by atoms with E-state index in [2.05, 4.69) is 15.9 Å². The summed E-state index contributed by atoms with van der Waals surface area (Å²) in [6, 6.07) is 3.67. The lowest BCUT2D eigenvalue weighted by molar-refractivity contribution is 0.316. The lowest BCUT2D eigenvalue weighted by Crippen LogP contribution is -2.45. The van der Waals surface area contributed by atoms with Crippen molar-refractivity contribution in [1.82, 2.24) is 4.31 Å². The van der Waals surface area contributed by atoms with Gasteiger partial charge in [0.25, 0.3) is 0 Å². The van der Waals surface area contributed by atoms with E-state index in [1.807, 2.05) is 0 Å². The molecule has 1 fully saturated rings. The van der Waals surface area contributed by atoms with Crippen molar-refractivity contribution >= 4 is 38.4 Å². The topological polar surface area (TPSA) is 63.4 Å². The summed E-state index contributed by atoms with van der Waals surface area (Å²) in [5, 5.41) is 0. The molecule has 1 heterocycles. The van der Waals surface area contributed by atoms with Crippen LogP contribution in [0.15, 0.2) is 27.6 Å². The van der Waals surface area contributed by atoms with E-state index in [0.29, 0.717) is 13.1 Å². The molecule has 1 aliphatic heterocycles. The van der Waals surface area contributed by atoms with Crippen molar-refractivity contribution in [2.75, 3.05) is 13.1 Å². The predicted octanol–water partition coefficient (Wildman–Crippen LogP) is 2.12. The third-order valence-electron chi connectivity index (χ3n) is 2.95. The Morgan fingerprint density at radius 3 is 2.68 bits per heavy atom. The van der Waals surface area contributed by atoms with E-state index in [1.54, 1.807) is 0 Å². The second kappa shape index (κ2) is 6.49. The molecule has 0 amide bonds. The number of nitrogens with two attached hydrogens (primary N) is 1. The van der Waals surface area contributed by atoms with Gasteiger partial charge in [-0.1, -0.05) is 0 Å². The standard InChI is InChI=1S/C11H14BrFN2O2S.ClH/c12-10-4-3-9(6-11(10)13)18(16,17)15-5-1-2-8(14)7-15;/h3-4,6,8H,1-2,5,7,14H2;1H/t8-;/m1./s1. The molecule has 0 saturated carbocycles. The zero-order chi connectivity index (χ0) is 13.3. The second-order valence-electron chi connectivity index (χ2n) is 4.34. The average molecular weight is 374 g/mol. The third-order valence-corrected chi connectivity index (χ3v) is 5.45. The van der Waals surface area contributed by atoms with Crippen LogP contribution in [-0.2, 0) is 10.0 Å². The molecular weight excluding hydrogens is 359 g/mol. The molecule has 0 radical (unpaired) electrons. The van der Waals surface area contributed by atoms with E-state index >= 15 is 0 Å². The van der Waals surface area contributed by atoms with Crippen LogP contribution < -0.4 is 5.73 Å². The molecule has 1 aromatic rings. The van der Waals surface area contributed by atoms with E-state index in [4.69, 9.17) is 5.73 Å². The van der Waals surface area contributed by atoms with Crippen molar-refractivity contribution in [3.05, 3.63) is 28.5 Å². The number of benzene rings is 1. The molecule has 1 saturated heterocycles. The first-order valence-corrected chi connectivity index (χ1v) is 7.85. The van der Waals surface area contributed by atoms with Gasteiger partial charge < -0.3 is 5.73 Å². The first-order valence-electron chi connectivity index (χ1n) is 5.62. The highest BCUT2D eigenvalue weighted by Crippen LogP contribution is 2.24. The first-order chi connectivity index (χ1) is 8.41. The summed E-state index contributed by atoms with van der Waals surface area (Å²) in [5.74, 6) is -0.586. The smallest absolute Gasteiger partial charge is 0.243 e. The Morgan fingerprint density at radius 2 is 2.11 bits per heavy atom. The molecule has 0 bridgehead atoms. The van der Waals surface area contributed by atoms with Crippen molar-refractivity contribution in [3.63, 3.8) is 0 Å². The molecule has 1 aromatic carbocycles. The number of halogens is 3. The van der Waals surface area contributed by atoms with Gasteiger partial charge in [0, 0.05) is 19.1 Å². The summed E-state index contributed by atoms with van der Waals surface area (Å²) < 4.78 is 39.5. The molecule has 0 unspecified atom stereocenters. The quantitative estimate of drug-likeness (QED) is 0.864.